The standard InChI is InChI=1S/C16H21N5O2/c1-11-4-5-12(8-14(11)21-10-17-19-20-21)15(22)18-13-6-7-23-16(2,3)9-13/h4-5,8,10,13H,6-7,9H2,1-3H3,(H,18,22). The molecular formula is C16H21N5O2. The maximum atomic E-state index is 12.5. The first-order valence-corrected chi connectivity index (χ1v) is 7.73. The lowest BCUT2D eigenvalue weighted by molar-refractivity contribution is -0.0615. The van der Waals surface area contributed by atoms with Crippen molar-refractivity contribution in [2.24, 2.45) is 0 Å². The summed E-state index contributed by atoms with van der Waals surface area (Å²) in [6, 6.07) is 5.66. The van der Waals surface area contributed by atoms with E-state index in [0.717, 1.165) is 24.1 Å². The predicted molar refractivity (Wildman–Crippen MR) is 84.4 cm³/mol. The maximum absolute atomic E-state index is 12.5. The first kappa shape index (κ1) is 15.6. The van der Waals surface area contributed by atoms with Crippen LogP contribution in [0.4, 0.5) is 0 Å². The van der Waals surface area contributed by atoms with Crippen LogP contribution in [0.3, 0.4) is 0 Å². The van der Waals surface area contributed by atoms with Gasteiger partial charge < -0.3 is 10.1 Å². The highest BCUT2D eigenvalue weighted by Gasteiger charge is 2.29. The summed E-state index contributed by atoms with van der Waals surface area (Å²) in [7, 11) is 0. The molecule has 1 aliphatic rings. The van der Waals surface area contributed by atoms with E-state index in [-0.39, 0.29) is 17.6 Å². The van der Waals surface area contributed by atoms with E-state index in [1.165, 1.54) is 6.33 Å². The summed E-state index contributed by atoms with van der Waals surface area (Å²) in [5, 5.41) is 14.3. The molecule has 0 saturated carbocycles. The first-order valence-electron chi connectivity index (χ1n) is 7.73. The van der Waals surface area contributed by atoms with Crippen LogP contribution in [0.5, 0.6) is 0 Å². The molecule has 1 atom stereocenters. The summed E-state index contributed by atoms with van der Waals surface area (Å²) in [6.45, 7) is 6.72. The lowest BCUT2D eigenvalue weighted by Gasteiger charge is -2.35. The molecule has 0 bridgehead atoms. The van der Waals surface area contributed by atoms with E-state index in [1.54, 1.807) is 4.68 Å². The first-order chi connectivity index (χ1) is 10.9. The third-order valence-corrected chi connectivity index (χ3v) is 4.10. The van der Waals surface area contributed by atoms with Gasteiger partial charge in [-0.25, -0.2) is 4.68 Å². The Morgan fingerprint density at radius 2 is 2.26 bits per heavy atom. The number of aromatic nitrogens is 4. The fourth-order valence-electron chi connectivity index (χ4n) is 2.89. The summed E-state index contributed by atoms with van der Waals surface area (Å²) in [6.07, 6.45) is 3.16. The van der Waals surface area contributed by atoms with Crippen LogP contribution >= 0.6 is 0 Å². The van der Waals surface area contributed by atoms with Crippen molar-refractivity contribution in [2.75, 3.05) is 6.61 Å². The van der Waals surface area contributed by atoms with E-state index in [1.807, 2.05) is 39.0 Å². The Balaban J connectivity index is 1.76. The number of tetrazole rings is 1. The van der Waals surface area contributed by atoms with Crippen molar-refractivity contribution in [3.05, 3.63) is 35.7 Å². The van der Waals surface area contributed by atoms with Crippen LogP contribution in [0.15, 0.2) is 24.5 Å². The molecule has 1 aromatic heterocycles. The summed E-state index contributed by atoms with van der Waals surface area (Å²) < 4.78 is 7.25. The van der Waals surface area contributed by atoms with Crippen LogP contribution in [0, 0.1) is 6.92 Å². The minimum Gasteiger partial charge on any atom is -0.375 e. The van der Waals surface area contributed by atoms with Crippen LogP contribution < -0.4 is 5.32 Å². The Bertz CT molecular complexity index is 697. The van der Waals surface area contributed by atoms with Gasteiger partial charge in [0.25, 0.3) is 5.91 Å². The number of nitrogens with zero attached hydrogens (tertiary/aromatic N) is 4. The van der Waals surface area contributed by atoms with Crippen LogP contribution in [0.25, 0.3) is 5.69 Å². The maximum Gasteiger partial charge on any atom is 0.251 e. The number of nitrogens with one attached hydrogen (secondary N) is 1. The van der Waals surface area contributed by atoms with Crippen molar-refractivity contribution in [3.8, 4) is 5.69 Å². The molecule has 23 heavy (non-hydrogen) atoms. The quantitative estimate of drug-likeness (QED) is 0.931. The van der Waals surface area contributed by atoms with Gasteiger partial charge in [0.2, 0.25) is 0 Å². The molecule has 2 heterocycles. The fourth-order valence-corrected chi connectivity index (χ4v) is 2.89. The van der Waals surface area contributed by atoms with Crippen LogP contribution in [-0.2, 0) is 4.74 Å². The molecule has 1 saturated heterocycles. The molecule has 1 amide bonds. The molecule has 122 valence electrons. The van der Waals surface area contributed by atoms with Gasteiger partial charge in [0, 0.05) is 18.2 Å². The molecule has 1 aromatic carbocycles. The van der Waals surface area contributed by atoms with Crippen LogP contribution in [0.1, 0.15) is 42.6 Å². The van der Waals surface area contributed by atoms with Gasteiger partial charge >= 0.3 is 0 Å². The van der Waals surface area contributed by atoms with E-state index < -0.39 is 0 Å². The normalized spacial score (nSPS) is 20.2. The van der Waals surface area contributed by atoms with Crippen LogP contribution in [0.2, 0.25) is 0 Å². The Morgan fingerprint density at radius 3 is 2.96 bits per heavy atom. The molecule has 1 N–H and O–H groups in total. The predicted octanol–water partition coefficient (Wildman–Crippen LogP) is 1.66. The van der Waals surface area contributed by atoms with Crippen molar-refractivity contribution in [1.82, 2.24) is 25.5 Å². The van der Waals surface area contributed by atoms with Gasteiger partial charge in [-0.15, -0.1) is 5.10 Å². The lowest BCUT2D eigenvalue weighted by atomic mass is 9.93. The number of aryl methyl sites for hydroxylation is 1. The van der Waals surface area contributed by atoms with Crippen molar-refractivity contribution in [2.45, 2.75) is 45.3 Å². The SMILES string of the molecule is Cc1ccc(C(=O)NC2CCOC(C)(C)C2)cc1-n1cnnn1. The number of rotatable bonds is 3. The van der Waals surface area contributed by atoms with Gasteiger partial charge in [-0.2, -0.15) is 0 Å². The number of carbonyl (C=O) groups is 1. The second-order valence-electron chi connectivity index (χ2n) is 6.53. The zero-order valence-corrected chi connectivity index (χ0v) is 13.6. The summed E-state index contributed by atoms with van der Waals surface area (Å²) in [4.78, 5) is 12.5. The van der Waals surface area contributed by atoms with E-state index in [2.05, 4.69) is 20.8 Å². The Labute approximate surface area is 135 Å². The lowest BCUT2D eigenvalue weighted by Crippen LogP contribution is -2.45. The average Bonchev–Trinajstić information content (AvgIpc) is 3.00. The molecule has 7 nitrogen and oxygen atoms in total. The fraction of sp³-hybridized carbons (Fsp3) is 0.500. The number of carbonyl (C=O) groups excluding carboxylic acids is 1. The summed E-state index contributed by atoms with van der Waals surface area (Å²) in [5.74, 6) is -0.0815. The summed E-state index contributed by atoms with van der Waals surface area (Å²) in [5.41, 5.74) is 2.21. The van der Waals surface area contributed by atoms with E-state index in [0.29, 0.717) is 12.2 Å². The highest BCUT2D eigenvalue weighted by Crippen LogP contribution is 2.24. The van der Waals surface area contributed by atoms with Gasteiger partial charge in [-0.1, -0.05) is 6.07 Å². The molecule has 0 radical (unpaired) electrons. The molecule has 7 heteroatoms. The number of ether oxygens (including phenoxy) is 1. The smallest absolute Gasteiger partial charge is 0.251 e. The topological polar surface area (TPSA) is 81.9 Å². The van der Waals surface area contributed by atoms with E-state index in [9.17, 15) is 4.79 Å². The molecule has 2 aromatic rings. The average molecular weight is 315 g/mol. The number of benzene rings is 1. The molecule has 1 unspecified atom stereocenters. The highest BCUT2D eigenvalue weighted by molar-refractivity contribution is 5.95. The van der Waals surface area contributed by atoms with Crippen LogP contribution in [-0.4, -0.2) is 44.4 Å². The third-order valence-electron chi connectivity index (χ3n) is 4.10. The van der Waals surface area contributed by atoms with Crippen molar-refractivity contribution < 1.29 is 9.53 Å². The molecule has 1 aliphatic heterocycles. The molecule has 0 aliphatic carbocycles. The minimum absolute atomic E-state index is 0.0815. The second kappa shape index (κ2) is 6.08. The Morgan fingerprint density at radius 1 is 1.43 bits per heavy atom. The largest absolute Gasteiger partial charge is 0.375 e. The molecule has 3 rings (SSSR count). The number of hydrogen-bond donors (Lipinski definition) is 1. The number of hydrogen-bond acceptors (Lipinski definition) is 5. The summed E-state index contributed by atoms with van der Waals surface area (Å²) >= 11 is 0. The third kappa shape index (κ3) is 3.56. The highest BCUT2D eigenvalue weighted by atomic mass is 16.5. The van der Waals surface area contributed by atoms with Gasteiger partial charge in [0.1, 0.15) is 6.33 Å². The molecular weight excluding hydrogens is 294 g/mol. The van der Waals surface area contributed by atoms with Crippen molar-refractivity contribution in [1.29, 1.82) is 0 Å². The molecule has 0 spiro atoms. The zero-order chi connectivity index (χ0) is 16.4. The van der Waals surface area contributed by atoms with Gasteiger partial charge in [-0.3, -0.25) is 4.79 Å². The zero-order valence-electron chi connectivity index (χ0n) is 13.6. The van der Waals surface area contributed by atoms with E-state index in [4.69, 9.17) is 4.74 Å². The van der Waals surface area contributed by atoms with Crippen molar-refractivity contribution in [3.63, 3.8) is 0 Å². The van der Waals surface area contributed by atoms with Gasteiger partial charge in [-0.05, 0) is 61.7 Å². The minimum atomic E-state index is -0.193. The van der Waals surface area contributed by atoms with E-state index >= 15 is 0 Å². The molecule has 1 fully saturated rings. The van der Waals surface area contributed by atoms with Crippen molar-refractivity contribution >= 4 is 5.91 Å². The number of amides is 1. The Kier molecular flexibility index (Phi) is 4.12. The van der Waals surface area contributed by atoms with Gasteiger partial charge in [0.15, 0.2) is 0 Å². The second-order valence-corrected chi connectivity index (χ2v) is 6.53. The Hall–Kier alpha value is -2.28. The monoisotopic (exact) mass is 315 g/mol. The van der Waals surface area contributed by atoms with Gasteiger partial charge in [0.05, 0.1) is 11.3 Å².